The Morgan fingerprint density at radius 3 is 2.06 bits per heavy atom. The molecule has 4 rings (SSSR count). The van der Waals surface area contributed by atoms with Gasteiger partial charge in [0.05, 0.1) is 12.0 Å². The van der Waals surface area contributed by atoms with Crippen LogP contribution in [0.5, 0.6) is 0 Å². The van der Waals surface area contributed by atoms with Crippen LogP contribution >= 0.6 is 0 Å². The molecule has 3 aliphatic rings. The van der Waals surface area contributed by atoms with Crippen molar-refractivity contribution in [2.45, 2.75) is 25.1 Å². The molecule has 3 saturated heterocycles. The number of piperazine rings is 1. The number of urea groups is 1. The third kappa shape index (κ3) is 5.42. The van der Waals surface area contributed by atoms with Gasteiger partial charge < -0.3 is 25.3 Å². The van der Waals surface area contributed by atoms with Gasteiger partial charge in [-0.25, -0.2) is 9.59 Å². The smallest absolute Gasteiger partial charge is 0.481 e. The van der Waals surface area contributed by atoms with Gasteiger partial charge in [-0.1, -0.05) is 0 Å². The fourth-order valence-electron chi connectivity index (χ4n) is 4.06. The van der Waals surface area contributed by atoms with E-state index >= 15 is 0 Å². The van der Waals surface area contributed by atoms with E-state index in [0.29, 0.717) is 12.8 Å². The van der Waals surface area contributed by atoms with Gasteiger partial charge in [-0.3, -0.25) is 9.69 Å². The molecule has 3 N–H and O–H groups in total. The zero-order valence-corrected chi connectivity index (χ0v) is 17.2. The fourth-order valence-corrected chi connectivity index (χ4v) is 4.06. The Labute approximate surface area is 182 Å². The molecule has 9 nitrogen and oxygen atoms in total. The Morgan fingerprint density at radius 2 is 1.56 bits per heavy atom. The van der Waals surface area contributed by atoms with Crippen molar-refractivity contribution in [3.8, 4) is 0 Å². The van der Waals surface area contributed by atoms with E-state index in [1.54, 1.807) is 0 Å². The Hall–Kier alpha value is -3.02. The summed E-state index contributed by atoms with van der Waals surface area (Å²) in [5.74, 6) is -3.66. The maximum Gasteiger partial charge on any atom is 0.490 e. The lowest BCUT2D eigenvalue weighted by atomic mass is 9.97. The minimum Gasteiger partial charge on any atom is -0.481 e. The number of hydrogen-bond acceptors (Lipinski definition) is 5. The third-order valence-electron chi connectivity index (χ3n) is 5.83. The molecular formula is C20H25F3N4O5. The van der Waals surface area contributed by atoms with Crippen LogP contribution in [0, 0.1) is 5.92 Å². The molecule has 176 valence electrons. The van der Waals surface area contributed by atoms with Crippen LogP contribution in [0.15, 0.2) is 24.3 Å². The zero-order valence-electron chi connectivity index (χ0n) is 17.2. The van der Waals surface area contributed by atoms with E-state index in [1.807, 2.05) is 34.1 Å². The third-order valence-corrected chi connectivity index (χ3v) is 5.83. The molecule has 0 spiro atoms. The van der Waals surface area contributed by atoms with E-state index in [1.165, 1.54) is 0 Å². The van der Waals surface area contributed by atoms with Gasteiger partial charge in [-0.2, -0.15) is 13.2 Å². The van der Waals surface area contributed by atoms with Gasteiger partial charge in [0.25, 0.3) is 0 Å². The van der Waals surface area contributed by atoms with E-state index in [9.17, 15) is 22.8 Å². The van der Waals surface area contributed by atoms with Gasteiger partial charge >= 0.3 is 24.1 Å². The molecule has 1 atom stereocenters. The molecule has 1 aromatic rings. The summed E-state index contributed by atoms with van der Waals surface area (Å²) in [7, 11) is 0. The molecule has 0 saturated carbocycles. The SMILES string of the molecule is O=C(O)C(F)(F)F.O=C(O)C1CCN(c2ccc(N3C[C@@H]4CNCCN4C3=O)cc2)CC1. The van der Waals surface area contributed by atoms with Crippen LogP contribution < -0.4 is 15.1 Å². The van der Waals surface area contributed by atoms with Gasteiger partial charge in [0.2, 0.25) is 0 Å². The highest BCUT2D eigenvalue weighted by atomic mass is 19.4. The molecule has 0 bridgehead atoms. The largest absolute Gasteiger partial charge is 0.490 e. The van der Waals surface area contributed by atoms with Gasteiger partial charge in [-0.15, -0.1) is 0 Å². The number of nitrogens with one attached hydrogen (secondary N) is 1. The molecular weight excluding hydrogens is 433 g/mol. The molecule has 1 aromatic carbocycles. The molecule has 32 heavy (non-hydrogen) atoms. The molecule has 3 aliphatic heterocycles. The average Bonchev–Trinajstić information content (AvgIpc) is 3.10. The normalized spacial score (nSPS) is 21.7. The number of piperidine rings is 1. The maximum atomic E-state index is 12.6. The van der Waals surface area contributed by atoms with Crippen molar-refractivity contribution in [1.29, 1.82) is 0 Å². The number of anilines is 2. The molecule has 0 radical (unpaired) electrons. The van der Waals surface area contributed by atoms with Crippen molar-refractivity contribution in [2.75, 3.05) is 49.1 Å². The summed E-state index contributed by atoms with van der Waals surface area (Å²) >= 11 is 0. The number of carboxylic acids is 2. The molecule has 12 heteroatoms. The summed E-state index contributed by atoms with van der Waals surface area (Å²) in [5.41, 5.74) is 2.03. The molecule has 3 fully saturated rings. The van der Waals surface area contributed by atoms with Crippen LogP contribution in [0.1, 0.15) is 12.8 Å². The molecule has 3 heterocycles. The molecule has 0 unspecified atom stereocenters. The van der Waals surface area contributed by atoms with Crippen LogP contribution in [-0.4, -0.2) is 84.6 Å². The minimum atomic E-state index is -5.08. The summed E-state index contributed by atoms with van der Waals surface area (Å²) in [4.78, 5) is 38.6. The van der Waals surface area contributed by atoms with Crippen molar-refractivity contribution in [3.05, 3.63) is 24.3 Å². The number of halogens is 3. The first-order valence-electron chi connectivity index (χ1n) is 10.2. The monoisotopic (exact) mass is 458 g/mol. The first kappa shape index (κ1) is 23.6. The standard InChI is InChI=1S/C18H24N4O3.C2HF3O2/c23-17(24)13-5-8-20(9-6-13)14-1-3-15(4-2-14)22-12-16-11-19-7-10-21(16)18(22)25;3-2(4,5)1(6)7/h1-4,13,16,19H,5-12H2,(H,23,24);(H,6,7)/t16-;/m0./s1. The predicted octanol–water partition coefficient (Wildman–Crippen LogP) is 1.83. The lowest BCUT2D eigenvalue weighted by Gasteiger charge is -2.32. The predicted molar refractivity (Wildman–Crippen MR) is 109 cm³/mol. The van der Waals surface area contributed by atoms with E-state index in [4.69, 9.17) is 15.0 Å². The van der Waals surface area contributed by atoms with E-state index < -0.39 is 18.1 Å². The lowest BCUT2D eigenvalue weighted by molar-refractivity contribution is -0.192. The number of aliphatic carboxylic acids is 2. The van der Waals surface area contributed by atoms with E-state index in [-0.39, 0.29) is 18.0 Å². The number of nitrogens with zero attached hydrogens (tertiary/aromatic N) is 3. The van der Waals surface area contributed by atoms with Gasteiger partial charge in [0.15, 0.2) is 0 Å². The highest BCUT2D eigenvalue weighted by Gasteiger charge is 2.39. The van der Waals surface area contributed by atoms with Crippen LogP contribution in [0.4, 0.5) is 29.3 Å². The first-order chi connectivity index (χ1) is 15.1. The summed E-state index contributed by atoms with van der Waals surface area (Å²) in [6.45, 7) is 4.76. The van der Waals surface area contributed by atoms with Crippen molar-refractivity contribution in [1.82, 2.24) is 10.2 Å². The highest BCUT2D eigenvalue weighted by Crippen LogP contribution is 2.29. The van der Waals surface area contributed by atoms with Crippen LogP contribution in [0.2, 0.25) is 0 Å². The van der Waals surface area contributed by atoms with Crippen LogP contribution in [0.3, 0.4) is 0 Å². The van der Waals surface area contributed by atoms with Crippen molar-refractivity contribution in [3.63, 3.8) is 0 Å². The van der Waals surface area contributed by atoms with Crippen LogP contribution in [-0.2, 0) is 9.59 Å². The first-order valence-corrected chi connectivity index (χ1v) is 10.2. The number of carbonyl (C=O) groups excluding carboxylic acids is 1. The molecule has 0 aromatic heterocycles. The summed E-state index contributed by atoms with van der Waals surface area (Å²) in [6, 6.07) is 8.45. The lowest BCUT2D eigenvalue weighted by Crippen LogP contribution is -2.49. The zero-order chi connectivity index (χ0) is 23.5. The van der Waals surface area contributed by atoms with Gasteiger partial charge in [0.1, 0.15) is 0 Å². The molecule has 0 aliphatic carbocycles. The Balaban J connectivity index is 0.000000360. The maximum absolute atomic E-state index is 12.6. The number of carbonyl (C=O) groups is 3. The number of rotatable bonds is 3. The number of carboxylic acid groups (broad SMARTS) is 2. The Kier molecular flexibility index (Phi) is 7.12. The number of amides is 2. The molecule has 2 amide bonds. The topological polar surface area (TPSA) is 113 Å². The van der Waals surface area contributed by atoms with Crippen molar-refractivity contribution >= 4 is 29.3 Å². The average molecular weight is 458 g/mol. The van der Waals surface area contributed by atoms with Crippen molar-refractivity contribution < 1.29 is 37.8 Å². The second kappa shape index (κ2) is 9.63. The van der Waals surface area contributed by atoms with Crippen molar-refractivity contribution in [2.24, 2.45) is 5.92 Å². The van der Waals surface area contributed by atoms with Crippen LogP contribution in [0.25, 0.3) is 0 Å². The Bertz CT molecular complexity index is 841. The van der Waals surface area contributed by atoms with Gasteiger partial charge in [-0.05, 0) is 37.1 Å². The number of hydrogen-bond donors (Lipinski definition) is 3. The second-order valence-corrected chi connectivity index (χ2v) is 7.86. The summed E-state index contributed by atoms with van der Waals surface area (Å²) < 4.78 is 31.7. The van der Waals surface area contributed by atoms with E-state index in [0.717, 1.165) is 50.6 Å². The fraction of sp³-hybridized carbons (Fsp3) is 0.550. The van der Waals surface area contributed by atoms with E-state index in [2.05, 4.69) is 10.2 Å². The number of benzene rings is 1. The number of alkyl halides is 3. The number of fused-ring (bicyclic) bond motifs is 1. The Morgan fingerprint density at radius 1 is 1.00 bits per heavy atom. The van der Waals surface area contributed by atoms with Gasteiger partial charge in [0, 0.05) is 50.6 Å². The summed E-state index contributed by atoms with van der Waals surface area (Å²) in [5, 5.41) is 19.6. The minimum absolute atomic E-state index is 0.0986. The quantitative estimate of drug-likeness (QED) is 0.633. The highest BCUT2D eigenvalue weighted by molar-refractivity contribution is 5.95. The second-order valence-electron chi connectivity index (χ2n) is 7.86. The summed E-state index contributed by atoms with van der Waals surface area (Å²) in [6.07, 6.45) is -3.71.